The molecule has 0 atom stereocenters. The summed E-state index contributed by atoms with van der Waals surface area (Å²) in [6.45, 7) is 7.02. The van der Waals surface area contributed by atoms with E-state index < -0.39 is 0 Å². The van der Waals surface area contributed by atoms with Crippen LogP contribution in [0.1, 0.15) is 29.8 Å². The summed E-state index contributed by atoms with van der Waals surface area (Å²) >= 11 is 0. The lowest BCUT2D eigenvalue weighted by Crippen LogP contribution is -2.51. The van der Waals surface area contributed by atoms with Gasteiger partial charge in [0.05, 0.1) is 20.8 Å². The Balaban J connectivity index is 1.55. The zero-order chi connectivity index (χ0) is 23.1. The molecular formula is C24H31N3O5. The minimum atomic E-state index is -0.108. The zero-order valence-electron chi connectivity index (χ0n) is 19.1. The fourth-order valence-corrected chi connectivity index (χ4v) is 3.69. The van der Waals surface area contributed by atoms with Crippen LogP contribution in [0.2, 0.25) is 0 Å². The van der Waals surface area contributed by atoms with Crippen molar-refractivity contribution in [2.45, 2.75) is 20.4 Å². The Morgan fingerprint density at radius 2 is 1.56 bits per heavy atom. The molecule has 2 aromatic rings. The SMILES string of the molecule is CCOc1c(OC)cc(CNC(=O)N2CCN(c3ccc(C(C)=O)cc3)CC2)cc1OC. The average molecular weight is 442 g/mol. The van der Waals surface area contributed by atoms with Gasteiger partial charge in [0.15, 0.2) is 17.3 Å². The Morgan fingerprint density at radius 1 is 0.969 bits per heavy atom. The van der Waals surface area contributed by atoms with Crippen LogP contribution in [-0.2, 0) is 6.54 Å². The fourth-order valence-electron chi connectivity index (χ4n) is 3.69. The lowest BCUT2D eigenvalue weighted by Gasteiger charge is -2.36. The molecule has 2 amide bonds. The van der Waals surface area contributed by atoms with Crippen molar-refractivity contribution in [3.05, 3.63) is 47.5 Å². The maximum Gasteiger partial charge on any atom is 0.317 e. The van der Waals surface area contributed by atoms with E-state index >= 15 is 0 Å². The van der Waals surface area contributed by atoms with Crippen LogP contribution in [0, 0.1) is 0 Å². The van der Waals surface area contributed by atoms with Crippen molar-refractivity contribution in [1.82, 2.24) is 10.2 Å². The maximum atomic E-state index is 12.7. The summed E-state index contributed by atoms with van der Waals surface area (Å²) in [5.41, 5.74) is 2.62. The molecule has 0 unspecified atom stereocenters. The van der Waals surface area contributed by atoms with Gasteiger partial charge in [0.25, 0.3) is 0 Å². The molecule has 2 aromatic carbocycles. The van der Waals surface area contributed by atoms with E-state index in [-0.39, 0.29) is 11.8 Å². The van der Waals surface area contributed by atoms with Crippen molar-refractivity contribution in [2.75, 3.05) is 51.9 Å². The van der Waals surface area contributed by atoms with Crippen LogP contribution in [0.15, 0.2) is 36.4 Å². The van der Waals surface area contributed by atoms with Crippen molar-refractivity contribution in [1.29, 1.82) is 0 Å². The highest BCUT2D eigenvalue weighted by atomic mass is 16.5. The first-order valence-corrected chi connectivity index (χ1v) is 10.7. The molecule has 0 spiro atoms. The Labute approximate surface area is 189 Å². The molecule has 172 valence electrons. The van der Waals surface area contributed by atoms with Crippen molar-refractivity contribution < 1.29 is 23.8 Å². The highest BCUT2D eigenvalue weighted by Crippen LogP contribution is 2.38. The molecule has 32 heavy (non-hydrogen) atoms. The number of anilines is 1. The number of carbonyl (C=O) groups excluding carboxylic acids is 2. The fraction of sp³-hybridized carbons (Fsp3) is 0.417. The molecule has 1 fully saturated rings. The highest BCUT2D eigenvalue weighted by Gasteiger charge is 2.22. The standard InChI is InChI=1S/C24H31N3O5/c1-5-32-23-21(30-3)14-18(15-22(23)31-4)16-25-24(29)27-12-10-26(11-13-27)20-8-6-19(7-9-20)17(2)28/h6-9,14-15H,5,10-13,16H2,1-4H3,(H,25,29). The van der Waals surface area contributed by atoms with Crippen molar-refractivity contribution in [3.63, 3.8) is 0 Å². The van der Waals surface area contributed by atoms with Crippen LogP contribution in [0.25, 0.3) is 0 Å². The minimum Gasteiger partial charge on any atom is -0.493 e. The number of Topliss-reactive ketones (excluding diaryl/α,β-unsaturated/α-hetero) is 1. The molecule has 0 bridgehead atoms. The molecule has 8 nitrogen and oxygen atoms in total. The molecule has 0 saturated carbocycles. The second kappa shape index (κ2) is 10.7. The molecule has 8 heteroatoms. The number of piperazine rings is 1. The van der Waals surface area contributed by atoms with Gasteiger partial charge in [-0.1, -0.05) is 0 Å². The maximum absolute atomic E-state index is 12.7. The first kappa shape index (κ1) is 23.2. The molecule has 1 saturated heterocycles. The summed E-state index contributed by atoms with van der Waals surface area (Å²) in [4.78, 5) is 28.2. The molecule has 0 aliphatic carbocycles. The van der Waals surface area contributed by atoms with E-state index in [1.165, 1.54) is 0 Å². The Morgan fingerprint density at radius 3 is 2.06 bits per heavy atom. The number of rotatable bonds is 8. The topological polar surface area (TPSA) is 80.3 Å². The number of urea groups is 1. The number of hydrogen-bond donors (Lipinski definition) is 1. The molecule has 1 N–H and O–H groups in total. The smallest absolute Gasteiger partial charge is 0.317 e. The molecule has 1 heterocycles. The van der Waals surface area contributed by atoms with Gasteiger partial charge >= 0.3 is 6.03 Å². The second-order valence-corrected chi connectivity index (χ2v) is 7.50. The lowest BCUT2D eigenvalue weighted by molar-refractivity contribution is 0.101. The predicted octanol–water partition coefficient (Wildman–Crippen LogP) is 3.34. The van der Waals surface area contributed by atoms with E-state index in [0.717, 1.165) is 24.3 Å². The lowest BCUT2D eigenvalue weighted by atomic mass is 10.1. The number of nitrogens with zero attached hydrogens (tertiary/aromatic N) is 2. The number of ether oxygens (including phenoxy) is 3. The number of ketones is 1. The van der Waals surface area contributed by atoms with Crippen molar-refractivity contribution >= 4 is 17.5 Å². The van der Waals surface area contributed by atoms with Crippen LogP contribution in [0.4, 0.5) is 10.5 Å². The summed E-state index contributed by atoms with van der Waals surface area (Å²) in [6, 6.07) is 11.2. The van der Waals surface area contributed by atoms with E-state index in [9.17, 15) is 9.59 Å². The first-order chi connectivity index (χ1) is 15.5. The Bertz CT molecular complexity index is 912. The molecular weight excluding hydrogens is 410 g/mol. The number of carbonyl (C=O) groups is 2. The van der Waals surface area contributed by atoms with Crippen LogP contribution >= 0.6 is 0 Å². The molecule has 3 rings (SSSR count). The van der Waals surface area contributed by atoms with Gasteiger partial charge in [-0.3, -0.25) is 4.79 Å². The number of nitrogens with one attached hydrogen (secondary N) is 1. The number of hydrogen-bond acceptors (Lipinski definition) is 6. The molecule has 0 radical (unpaired) electrons. The van der Waals surface area contributed by atoms with Gasteiger partial charge in [-0.2, -0.15) is 0 Å². The number of benzene rings is 2. The van der Waals surface area contributed by atoms with Crippen molar-refractivity contribution in [3.8, 4) is 17.2 Å². The van der Waals surface area contributed by atoms with Gasteiger partial charge in [-0.05, 0) is 55.8 Å². The summed E-state index contributed by atoms with van der Waals surface area (Å²) in [5.74, 6) is 1.75. The Hall–Kier alpha value is -3.42. The van der Waals surface area contributed by atoms with Crippen LogP contribution < -0.4 is 24.4 Å². The molecule has 1 aliphatic heterocycles. The third-order valence-corrected chi connectivity index (χ3v) is 5.46. The largest absolute Gasteiger partial charge is 0.493 e. The Kier molecular flexibility index (Phi) is 7.81. The normalized spacial score (nSPS) is 13.5. The van der Waals surface area contributed by atoms with Gasteiger partial charge in [0, 0.05) is 44.0 Å². The van der Waals surface area contributed by atoms with E-state index in [2.05, 4.69) is 10.2 Å². The summed E-state index contributed by atoms with van der Waals surface area (Å²) in [7, 11) is 3.15. The summed E-state index contributed by atoms with van der Waals surface area (Å²) in [5, 5.41) is 2.98. The van der Waals surface area contributed by atoms with E-state index in [1.807, 2.05) is 48.2 Å². The second-order valence-electron chi connectivity index (χ2n) is 7.50. The van der Waals surface area contributed by atoms with Crippen LogP contribution in [0.3, 0.4) is 0 Å². The zero-order valence-corrected chi connectivity index (χ0v) is 19.1. The summed E-state index contributed by atoms with van der Waals surface area (Å²) in [6.07, 6.45) is 0. The van der Waals surface area contributed by atoms with Crippen LogP contribution in [0.5, 0.6) is 17.2 Å². The molecule has 0 aromatic heterocycles. The van der Waals surface area contributed by atoms with Crippen LogP contribution in [-0.4, -0.2) is 63.7 Å². The van der Waals surface area contributed by atoms with Gasteiger partial charge in [0.1, 0.15) is 0 Å². The third-order valence-electron chi connectivity index (χ3n) is 5.46. The monoisotopic (exact) mass is 441 g/mol. The quantitative estimate of drug-likeness (QED) is 0.633. The van der Waals surface area contributed by atoms with E-state index in [0.29, 0.717) is 49.1 Å². The highest BCUT2D eigenvalue weighted by molar-refractivity contribution is 5.94. The van der Waals surface area contributed by atoms with Crippen molar-refractivity contribution in [2.24, 2.45) is 0 Å². The predicted molar refractivity (Wildman–Crippen MR) is 123 cm³/mol. The van der Waals surface area contributed by atoms with E-state index in [4.69, 9.17) is 14.2 Å². The first-order valence-electron chi connectivity index (χ1n) is 10.7. The van der Waals surface area contributed by atoms with Gasteiger partial charge < -0.3 is 29.3 Å². The third kappa shape index (κ3) is 5.43. The molecule has 1 aliphatic rings. The van der Waals surface area contributed by atoms with Gasteiger partial charge in [-0.25, -0.2) is 4.79 Å². The average Bonchev–Trinajstić information content (AvgIpc) is 2.83. The number of methoxy groups -OCH3 is 2. The number of amides is 2. The van der Waals surface area contributed by atoms with Gasteiger partial charge in [0.2, 0.25) is 5.75 Å². The van der Waals surface area contributed by atoms with E-state index in [1.54, 1.807) is 21.1 Å². The summed E-state index contributed by atoms with van der Waals surface area (Å²) < 4.78 is 16.5. The minimum absolute atomic E-state index is 0.0563. The van der Waals surface area contributed by atoms with Gasteiger partial charge in [-0.15, -0.1) is 0 Å².